The Labute approximate surface area is 196 Å². The number of hydrogen-bond donors (Lipinski definition) is 1. The Hall–Kier alpha value is -4.71. The summed E-state index contributed by atoms with van der Waals surface area (Å²) in [5, 5.41) is 8.05. The largest absolute Gasteiger partial charge is 0.497 e. The van der Waals surface area contributed by atoms with Crippen molar-refractivity contribution < 1.29 is 18.7 Å². The van der Waals surface area contributed by atoms with Crippen LogP contribution in [0.1, 0.15) is 21.5 Å². The van der Waals surface area contributed by atoms with E-state index in [0.29, 0.717) is 16.9 Å². The quantitative estimate of drug-likeness (QED) is 0.342. The second kappa shape index (κ2) is 10.7. The van der Waals surface area contributed by atoms with Gasteiger partial charge in [-0.1, -0.05) is 18.1 Å². The molecule has 0 aliphatic carbocycles. The summed E-state index contributed by atoms with van der Waals surface area (Å²) < 4.78 is 19.8. The number of anilines is 2. The van der Waals surface area contributed by atoms with Crippen molar-refractivity contribution >= 4 is 29.7 Å². The lowest BCUT2D eigenvalue weighted by molar-refractivity contribution is 0.0994. The van der Waals surface area contributed by atoms with Crippen LogP contribution in [-0.2, 0) is 0 Å². The minimum atomic E-state index is -0.901. The minimum absolute atomic E-state index is 0.0134. The molecule has 0 radical (unpaired) electrons. The lowest BCUT2D eigenvalue weighted by Gasteiger charge is -2.21. The number of aromatic nitrogens is 1. The van der Waals surface area contributed by atoms with Crippen molar-refractivity contribution in [1.82, 2.24) is 9.99 Å². The lowest BCUT2D eigenvalue weighted by atomic mass is 10.2. The number of halogens is 1. The number of rotatable bonds is 6. The monoisotopic (exact) mass is 459 g/mol. The molecule has 3 amide bonds. The molecule has 2 aromatic carbocycles. The zero-order chi connectivity index (χ0) is 24.7. The summed E-state index contributed by atoms with van der Waals surface area (Å²) in [6, 6.07) is 12.6. The second-order valence-electron chi connectivity index (χ2n) is 7.18. The molecule has 1 heterocycles. The molecular weight excluding hydrogens is 437 g/mol. The first-order chi connectivity index (χ1) is 16.3. The van der Waals surface area contributed by atoms with Crippen LogP contribution in [-0.4, -0.2) is 49.4 Å². The number of hydrogen-bond acceptors (Lipinski definition) is 6. The predicted octanol–water partition coefficient (Wildman–Crippen LogP) is 3.99. The zero-order valence-corrected chi connectivity index (χ0v) is 18.8. The van der Waals surface area contributed by atoms with E-state index in [9.17, 15) is 14.0 Å². The number of imide groups is 1. The molecule has 0 saturated heterocycles. The summed E-state index contributed by atoms with van der Waals surface area (Å²) in [5.41, 5.74) is 1.03. The van der Waals surface area contributed by atoms with Gasteiger partial charge in [-0.3, -0.25) is 4.79 Å². The first kappa shape index (κ1) is 23.9. The number of benzene rings is 2. The fraction of sp³-hybridized carbons (Fsp3) is 0.120. The Morgan fingerprint density at radius 3 is 2.59 bits per heavy atom. The molecule has 8 nitrogen and oxygen atoms in total. The molecule has 172 valence electrons. The van der Waals surface area contributed by atoms with Crippen molar-refractivity contribution in [3.05, 3.63) is 83.3 Å². The number of nitrogens with zero attached hydrogens (tertiary/aromatic N) is 4. The van der Waals surface area contributed by atoms with E-state index < -0.39 is 17.8 Å². The average molecular weight is 459 g/mol. The summed E-state index contributed by atoms with van der Waals surface area (Å²) >= 11 is 0. The molecule has 9 heteroatoms. The minimum Gasteiger partial charge on any atom is -0.497 e. The van der Waals surface area contributed by atoms with Gasteiger partial charge in [-0.05, 0) is 48.0 Å². The number of urea groups is 1. The van der Waals surface area contributed by atoms with E-state index in [1.54, 1.807) is 43.4 Å². The van der Waals surface area contributed by atoms with Crippen LogP contribution < -0.4 is 15.0 Å². The number of ether oxygens (including phenoxy) is 1. The molecule has 0 fully saturated rings. The van der Waals surface area contributed by atoms with Gasteiger partial charge in [-0.25, -0.2) is 19.1 Å². The van der Waals surface area contributed by atoms with Crippen LogP contribution in [0.5, 0.6) is 5.75 Å². The van der Waals surface area contributed by atoms with E-state index >= 15 is 0 Å². The zero-order valence-electron chi connectivity index (χ0n) is 18.8. The first-order valence-corrected chi connectivity index (χ1v) is 10.1. The Balaban J connectivity index is 1.95. The molecule has 0 atom stereocenters. The van der Waals surface area contributed by atoms with Crippen LogP contribution >= 0.6 is 0 Å². The molecule has 0 unspecified atom stereocenters. The summed E-state index contributed by atoms with van der Waals surface area (Å²) in [5.74, 6) is 1.49. The van der Waals surface area contributed by atoms with Crippen molar-refractivity contribution in [3.8, 4) is 18.1 Å². The van der Waals surface area contributed by atoms with E-state index in [2.05, 4.69) is 21.3 Å². The fourth-order valence-corrected chi connectivity index (χ4v) is 2.86. The molecule has 0 aliphatic heterocycles. The molecular formula is C25H22FN5O3. The number of amides is 3. The van der Waals surface area contributed by atoms with E-state index in [4.69, 9.17) is 11.2 Å². The van der Waals surface area contributed by atoms with Crippen LogP contribution in [0.4, 0.5) is 20.7 Å². The normalized spacial score (nSPS) is 10.4. The number of carbonyl (C=O) groups is 2. The third-order valence-corrected chi connectivity index (χ3v) is 4.54. The smallest absolute Gasteiger partial charge is 0.334 e. The van der Waals surface area contributed by atoms with Gasteiger partial charge in [0.2, 0.25) is 0 Å². The molecule has 0 bridgehead atoms. The highest BCUT2D eigenvalue weighted by atomic mass is 19.1. The van der Waals surface area contributed by atoms with Gasteiger partial charge < -0.3 is 15.1 Å². The van der Waals surface area contributed by atoms with E-state index in [-0.39, 0.29) is 17.1 Å². The van der Waals surface area contributed by atoms with Gasteiger partial charge >= 0.3 is 6.03 Å². The summed E-state index contributed by atoms with van der Waals surface area (Å²) in [6.45, 7) is 0. The molecule has 34 heavy (non-hydrogen) atoms. The molecule has 1 aromatic heterocycles. The maximum Gasteiger partial charge on any atom is 0.334 e. The van der Waals surface area contributed by atoms with Gasteiger partial charge in [0, 0.05) is 31.4 Å². The van der Waals surface area contributed by atoms with Crippen LogP contribution in [0.25, 0.3) is 0 Å². The van der Waals surface area contributed by atoms with Gasteiger partial charge in [0.25, 0.3) is 5.91 Å². The maximum absolute atomic E-state index is 14.7. The van der Waals surface area contributed by atoms with Crippen molar-refractivity contribution in [2.24, 2.45) is 5.10 Å². The fourth-order valence-electron chi connectivity index (χ4n) is 2.86. The van der Waals surface area contributed by atoms with Gasteiger partial charge in [-0.2, -0.15) is 5.10 Å². The van der Waals surface area contributed by atoms with Crippen LogP contribution in [0.3, 0.4) is 0 Å². The Kier molecular flexibility index (Phi) is 7.56. The number of terminal acetylenes is 1. The Bertz CT molecular complexity index is 1270. The highest BCUT2D eigenvalue weighted by molar-refractivity contribution is 6.23. The highest BCUT2D eigenvalue weighted by Gasteiger charge is 2.27. The van der Waals surface area contributed by atoms with Crippen LogP contribution in [0.15, 0.2) is 65.9 Å². The Morgan fingerprint density at radius 2 is 1.97 bits per heavy atom. The standard InChI is InChI=1S/C25H22FN5O3/c1-5-17-10-12-23(27-15-17)31(24(32)19-7-6-8-20(14-19)34-4)25(33)29-22-11-9-18(13-21(22)26)16-28-30(2)3/h1,6-16H,2-4H3,(H,29,33). The number of methoxy groups -OCH3 is 1. The van der Waals surface area contributed by atoms with Crippen molar-refractivity contribution in [2.75, 3.05) is 31.4 Å². The number of nitrogens with one attached hydrogen (secondary N) is 1. The van der Waals surface area contributed by atoms with Crippen molar-refractivity contribution in [3.63, 3.8) is 0 Å². The molecule has 0 saturated carbocycles. The van der Waals surface area contributed by atoms with E-state index in [1.807, 2.05) is 0 Å². The SMILES string of the molecule is C#Cc1ccc(N(C(=O)Nc2ccc(C=NN(C)C)cc2F)C(=O)c2cccc(OC)c2)nc1. The molecule has 3 rings (SSSR count). The predicted molar refractivity (Wildman–Crippen MR) is 129 cm³/mol. The van der Waals surface area contributed by atoms with E-state index in [1.165, 1.54) is 49.9 Å². The topological polar surface area (TPSA) is 87.1 Å². The van der Waals surface area contributed by atoms with Gasteiger partial charge in [-0.15, -0.1) is 6.42 Å². The Morgan fingerprint density at radius 1 is 1.18 bits per heavy atom. The molecule has 0 spiro atoms. The third kappa shape index (κ3) is 5.75. The lowest BCUT2D eigenvalue weighted by Crippen LogP contribution is -2.41. The van der Waals surface area contributed by atoms with Crippen LogP contribution in [0, 0.1) is 18.2 Å². The molecule has 0 aliphatic rings. The number of hydrazone groups is 1. The third-order valence-electron chi connectivity index (χ3n) is 4.54. The first-order valence-electron chi connectivity index (χ1n) is 10.1. The van der Waals surface area contributed by atoms with Crippen molar-refractivity contribution in [2.45, 2.75) is 0 Å². The summed E-state index contributed by atoms with van der Waals surface area (Å²) in [6.07, 6.45) is 8.20. The highest BCUT2D eigenvalue weighted by Crippen LogP contribution is 2.22. The van der Waals surface area contributed by atoms with E-state index in [0.717, 1.165) is 4.90 Å². The summed E-state index contributed by atoms with van der Waals surface area (Å²) in [7, 11) is 4.93. The van der Waals surface area contributed by atoms with Gasteiger partial charge in [0.05, 0.1) is 19.0 Å². The second-order valence-corrected chi connectivity index (χ2v) is 7.18. The van der Waals surface area contributed by atoms with Crippen molar-refractivity contribution in [1.29, 1.82) is 0 Å². The van der Waals surface area contributed by atoms with Gasteiger partial charge in [0.1, 0.15) is 17.4 Å². The average Bonchev–Trinajstić information content (AvgIpc) is 2.84. The van der Waals surface area contributed by atoms with Crippen LogP contribution in [0.2, 0.25) is 0 Å². The molecule has 1 N–H and O–H groups in total. The number of carbonyl (C=O) groups excluding carboxylic acids is 2. The summed E-state index contributed by atoms with van der Waals surface area (Å²) in [4.78, 5) is 31.4. The maximum atomic E-state index is 14.7. The molecule has 3 aromatic rings. The number of pyridine rings is 1. The van der Waals surface area contributed by atoms with Gasteiger partial charge in [0.15, 0.2) is 0 Å².